The van der Waals surface area contributed by atoms with E-state index in [2.05, 4.69) is 19.1 Å². The van der Waals surface area contributed by atoms with Gasteiger partial charge in [-0.1, -0.05) is 44.8 Å². The lowest BCUT2D eigenvalue weighted by molar-refractivity contribution is -0.185. The zero-order chi connectivity index (χ0) is 16.9. The van der Waals surface area contributed by atoms with Crippen LogP contribution in [0.5, 0.6) is 0 Å². The van der Waals surface area contributed by atoms with Crippen LogP contribution >= 0.6 is 0 Å². The summed E-state index contributed by atoms with van der Waals surface area (Å²) in [4.78, 5) is 27.9. The van der Waals surface area contributed by atoms with Crippen LogP contribution in [0.25, 0.3) is 0 Å². The summed E-state index contributed by atoms with van der Waals surface area (Å²) in [5.41, 5.74) is 0. The Labute approximate surface area is 139 Å². The molecular weight excluding hydrogens is 294 g/mol. The first-order chi connectivity index (χ1) is 11.1. The molecule has 1 fully saturated rings. The second-order valence-electron chi connectivity index (χ2n) is 6.14. The average molecular weight is 325 g/mol. The Morgan fingerprint density at radius 1 is 1.26 bits per heavy atom. The van der Waals surface area contributed by atoms with Gasteiger partial charge in [-0.25, -0.2) is 5.06 Å². The predicted octanol–water partition coefficient (Wildman–Crippen LogP) is 4.08. The number of amides is 1. The van der Waals surface area contributed by atoms with Crippen molar-refractivity contribution in [1.29, 1.82) is 0 Å². The zero-order valence-electron chi connectivity index (χ0n) is 14.3. The molecule has 0 spiro atoms. The highest BCUT2D eigenvalue weighted by molar-refractivity contribution is 5.78. The predicted molar refractivity (Wildman–Crippen MR) is 89.8 cm³/mol. The summed E-state index contributed by atoms with van der Waals surface area (Å²) < 4.78 is 0. The maximum absolute atomic E-state index is 11.9. The van der Waals surface area contributed by atoms with Crippen molar-refractivity contribution in [3.63, 3.8) is 0 Å². The van der Waals surface area contributed by atoms with Crippen molar-refractivity contribution in [1.82, 2.24) is 5.06 Å². The van der Waals surface area contributed by atoms with Crippen LogP contribution in [0.2, 0.25) is 0 Å². The Bertz CT molecular complexity index is 381. The molecule has 1 aliphatic heterocycles. The standard InChI is InChI=1S/C18H31NO4/c1-2-3-4-5-6-8-11-16-13-14-17(20)19(16)23-15-10-7-9-12-18(21)22/h8,11,16H,2-7,9-10,12-15H2,1H3,(H,21,22)/b11-8+. The molecule has 0 radical (unpaired) electrons. The fourth-order valence-electron chi connectivity index (χ4n) is 2.69. The second kappa shape index (κ2) is 12.1. The smallest absolute Gasteiger partial charge is 0.303 e. The molecule has 132 valence electrons. The van der Waals surface area contributed by atoms with Crippen LogP contribution in [-0.4, -0.2) is 34.7 Å². The zero-order valence-corrected chi connectivity index (χ0v) is 14.3. The minimum absolute atomic E-state index is 0.0520. The Morgan fingerprint density at radius 2 is 2.04 bits per heavy atom. The minimum Gasteiger partial charge on any atom is -0.481 e. The Balaban J connectivity index is 2.19. The Kier molecular flexibility index (Phi) is 10.4. The molecule has 0 aromatic heterocycles. The van der Waals surface area contributed by atoms with Gasteiger partial charge in [0.15, 0.2) is 0 Å². The molecule has 1 amide bonds. The van der Waals surface area contributed by atoms with Gasteiger partial charge in [-0.05, 0) is 32.1 Å². The number of allylic oxidation sites excluding steroid dienone is 1. The summed E-state index contributed by atoms with van der Waals surface area (Å²) in [6.07, 6.45) is 14.2. The number of carboxylic acids is 1. The van der Waals surface area contributed by atoms with Gasteiger partial charge >= 0.3 is 5.97 Å². The first kappa shape index (κ1) is 19.7. The van der Waals surface area contributed by atoms with Crippen LogP contribution in [0.15, 0.2) is 12.2 Å². The molecule has 0 bridgehead atoms. The van der Waals surface area contributed by atoms with Gasteiger partial charge in [-0.2, -0.15) is 0 Å². The van der Waals surface area contributed by atoms with Gasteiger partial charge in [0.25, 0.3) is 0 Å². The second-order valence-corrected chi connectivity index (χ2v) is 6.14. The van der Waals surface area contributed by atoms with E-state index in [9.17, 15) is 9.59 Å². The van der Waals surface area contributed by atoms with Crippen LogP contribution in [0.1, 0.15) is 77.6 Å². The molecule has 1 N–H and O–H groups in total. The lowest BCUT2D eigenvalue weighted by Gasteiger charge is -2.21. The average Bonchev–Trinajstić information content (AvgIpc) is 2.86. The summed E-state index contributed by atoms with van der Waals surface area (Å²) in [6, 6.07) is 0.0627. The summed E-state index contributed by atoms with van der Waals surface area (Å²) >= 11 is 0. The molecule has 5 heteroatoms. The summed E-state index contributed by atoms with van der Waals surface area (Å²) in [5.74, 6) is -0.707. The third-order valence-electron chi connectivity index (χ3n) is 4.05. The van der Waals surface area contributed by atoms with Crippen molar-refractivity contribution in [2.24, 2.45) is 0 Å². The molecule has 1 saturated heterocycles. The fraction of sp³-hybridized carbons (Fsp3) is 0.778. The molecule has 0 aromatic carbocycles. The number of unbranched alkanes of at least 4 members (excludes halogenated alkanes) is 6. The topological polar surface area (TPSA) is 66.8 Å². The first-order valence-electron chi connectivity index (χ1n) is 8.98. The number of hydrogen-bond acceptors (Lipinski definition) is 3. The van der Waals surface area contributed by atoms with Gasteiger partial charge in [-0.3, -0.25) is 14.4 Å². The monoisotopic (exact) mass is 325 g/mol. The number of carbonyl (C=O) groups excluding carboxylic acids is 1. The SMILES string of the molecule is CCCCCC/C=C/C1CCC(=O)N1OCCCCCC(=O)O. The van der Waals surface area contributed by atoms with Crippen molar-refractivity contribution in [3.8, 4) is 0 Å². The molecule has 1 heterocycles. The number of carboxylic acid groups (broad SMARTS) is 1. The number of nitrogens with zero attached hydrogens (tertiary/aromatic N) is 1. The molecular formula is C18H31NO4. The van der Waals surface area contributed by atoms with Crippen molar-refractivity contribution in [2.45, 2.75) is 83.6 Å². The molecule has 0 saturated carbocycles. The molecule has 1 rings (SSSR count). The highest BCUT2D eigenvalue weighted by Gasteiger charge is 2.30. The lowest BCUT2D eigenvalue weighted by atomic mass is 10.1. The van der Waals surface area contributed by atoms with E-state index in [1.165, 1.54) is 30.7 Å². The fourth-order valence-corrected chi connectivity index (χ4v) is 2.69. The Morgan fingerprint density at radius 3 is 2.78 bits per heavy atom. The quantitative estimate of drug-likeness (QED) is 0.409. The molecule has 0 aliphatic carbocycles. The van der Waals surface area contributed by atoms with Crippen LogP contribution in [0.3, 0.4) is 0 Å². The van der Waals surface area contributed by atoms with Gasteiger partial charge in [0, 0.05) is 12.8 Å². The summed E-state index contributed by atoms with van der Waals surface area (Å²) in [6.45, 7) is 2.68. The summed E-state index contributed by atoms with van der Waals surface area (Å²) in [5, 5.41) is 10.1. The van der Waals surface area contributed by atoms with E-state index in [0.29, 0.717) is 19.4 Å². The number of hydrogen-bond donors (Lipinski definition) is 1. The maximum atomic E-state index is 11.9. The van der Waals surface area contributed by atoms with Gasteiger partial charge < -0.3 is 5.11 Å². The van der Waals surface area contributed by atoms with E-state index >= 15 is 0 Å². The van der Waals surface area contributed by atoms with E-state index in [0.717, 1.165) is 25.7 Å². The largest absolute Gasteiger partial charge is 0.481 e. The minimum atomic E-state index is -0.759. The van der Waals surface area contributed by atoms with E-state index in [1.807, 2.05) is 0 Å². The lowest BCUT2D eigenvalue weighted by Crippen LogP contribution is -2.32. The van der Waals surface area contributed by atoms with Crippen molar-refractivity contribution in [2.75, 3.05) is 6.61 Å². The molecule has 5 nitrogen and oxygen atoms in total. The van der Waals surface area contributed by atoms with E-state index < -0.39 is 5.97 Å². The number of carbonyl (C=O) groups is 2. The third-order valence-corrected chi connectivity index (χ3v) is 4.05. The molecule has 0 aromatic rings. The van der Waals surface area contributed by atoms with Crippen LogP contribution in [-0.2, 0) is 14.4 Å². The van der Waals surface area contributed by atoms with Crippen LogP contribution in [0.4, 0.5) is 0 Å². The Hall–Kier alpha value is -1.36. The van der Waals surface area contributed by atoms with Crippen LogP contribution in [0, 0.1) is 0 Å². The highest BCUT2D eigenvalue weighted by Crippen LogP contribution is 2.21. The number of rotatable bonds is 13. The normalized spacial score (nSPS) is 18.2. The highest BCUT2D eigenvalue weighted by atomic mass is 16.7. The van der Waals surface area contributed by atoms with E-state index in [4.69, 9.17) is 9.94 Å². The third kappa shape index (κ3) is 8.74. The van der Waals surface area contributed by atoms with Crippen molar-refractivity contribution >= 4 is 11.9 Å². The van der Waals surface area contributed by atoms with Crippen molar-refractivity contribution < 1.29 is 19.5 Å². The van der Waals surface area contributed by atoms with Gasteiger partial charge in [-0.15, -0.1) is 0 Å². The van der Waals surface area contributed by atoms with E-state index in [1.54, 1.807) is 0 Å². The first-order valence-corrected chi connectivity index (χ1v) is 8.98. The molecule has 1 atom stereocenters. The number of aliphatic carboxylic acids is 1. The van der Waals surface area contributed by atoms with Gasteiger partial charge in [0.1, 0.15) is 0 Å². The van der Waals surface area contributed by atoms with Crippen molar-refractivity contribution in [3.05, 3.63) is 12.2 Å². The maximum Gasteiger partial charge on any atom is 0.303 e. The van der Waals surface area contributed by atoms with E-state index in [-0.39, 0.29) is 18.4 Å². The number of hydroxylamine groups is 2. The van der Waals surface area contributed by atoms with Crippen LogP contribution < -0.4 is 0 Å². The summed E-state index contributed by atoms with van der Waals surface area (Å²) in [7, 11) is 0. The molecule has 23 heavy (non-hydrogen) atoms. The van der Waals surface area contributed by atoms with Gasteiger partial charge in [0.2, 0.25) is 5.91 Å². The molecule has 1 unspecified atom stereocenters. The molecule has 1 aliphatic rings. The van der Waals surface area contributed by atoms with Gasteiger partial charge in [0.05, 0.1) is 12.6 Å².